The van der Waals surface area contributed by atoms with Crippen LogP contribution in [0.25, 0.3) is 6.08 Å². The Balaban J connectivity index is 3.13. The van der Waals surface area contributed by atoms with Crippen LogP contribution in [-0.2, 0) is 0 Å². The molecule has 0 atom stereocenters. The van der Waals surface area contributed by atoms with Gasteiger partial charge in [0.25, 0.3) is 0 Å². The zero-order valence-electron chi connectivity index (χ0n) is 6.53. The minimum atomic E-state index is -0.255. The van der Waals surface area contributed by atoms with Crippen molar-refractivity contribution in [3.63, 3.8) is 0 Å². The van der Waals surface area contributed by atoms with Gasteiger partial charge in [0.1, 0.15) is 5.82 Å². The van der Waals surface area contributed by atoms with Gasteiger partial charge in [0.05, 0.1) is 0 Å². The number of alkyl halides is 1. The van der Waals surface area contributed by atoms with E-state index >= 15 is 0 Å². The molecule has 13 heavy (non-hydrogen) atoms. The highest BCUT2D eigenvalue weighted by Gasteiger charge is 2.03. The van der Waals surface area contributed by atoms with Crippen molar-refractivity contribution in [1.29, 1.82) is 0 Å². The first-order valence-corrected chi connectivity index (χ1v) is 6.23. The molecule has 0 N–H and O–H groups in total. The smallest absolute Gasteiger partial charge is 0.125 e. The molecule has 1 aromatic rings. The van der Waals surface area contributed by atoms with Gasteiger partial charge in [-0.1, -0.05) is 59.9 Å². The number of benzene rings is 1. The molecule has 0 amide bonds. The maximum absolute atomic E-state index is 12.8. The van der Waals surface area contributed by atoms with Gasteiger partial charge < -0.3 is 0 Å². The van der Waals surface area contributed by atoms with E-state index in [4.69, 9.17) is 0 Å². The largest absolute Gasteiger partial charge is 0.207 e. The van der Waals surface area contributed by atoms with Crippen LogP contribution in [0.5, 0.6) is 0 Å². The average molecular weight is 373 g/mol. The molecule has 0 fully saturated rings. The zero-order valence-corrected chi connectivity index (χ0v) is 11.3. The van der Waals surface area contributed by atoms with Crippen molar-refractivity contribution in [3.8, 4) is 0 Å². The second-order valence-electron chi connectivity index (χ2n) is 2.34. The summed E-state index contributed by atoms with van der Waals surface area (Å²) in [7, 11) is 0. The fourth-order valence-electron chi connectivity index (χ4n) is 0.875. The molecule has 0 spiro atoms. The predicted molar refractivity (Wildman–Crippen MR) is 64.6 cm³/mol. The quantitative estimate of drug-likeness (QED) is 0.657. The number of hydrogen-bond donors (Lipinski definition) is 0. The number of rotatable bonds is 2. The summed E-state index contributed by atoms with van der Waals surface area (Å²) in [5.41, 5.74) is 0.945. The van der Waals surface area contributed by atoms with Gasteiger partial charge in [0.2, 0.25) is 0 Å². The van der Waals surface area contributed by atoms with E-state index in [-0.39, 0.29) is 5.82 Å². The van der Waals surface area contributed by atoms with Crippen LogP contribution in [0.3, 0.4) is 0 Å². The maximum Gasteiger partial charge on any atom is 0.125 e. The summed E-state index contributed by atoms with van der Waals surface area (Å²) in [5.74, 6) is -0.255. The van der Waals surface area contributed by atoms with Crippen LogP contribution in [0.15, 0.2) is 27.2 Å². The molecule has 1 rings (SSSR count). The van der Waals surface area contributed by atoms with Gasteiger partial charge in [-0.05, 0) is 12.1 Å². The molecule has 0 nitrogen and oxygen atoms in total. The van der Waals surface area contributed by atoms with E-state index in [2.05, 4.69) is 47.8 Å². The Bertz CT molecular complexity index is 311. The molecule has 0 aliphatic rings. The monoisotopic (exact) mass is 370 g/mol. The first kappa shape index (κ1) is 11.4. The molecule has 0 saturated heterocycles. The molecule has 4 heteroatoms. The summed E-state index contributed by atoms with van der Waals surface area (Å²) in [6, 6.07) is 2.89. The van der Waals surface area contributed by atoms with E-state index in [9.17, 15) is 4.39 Å². The van der Waals surface area contributed by atoms with Gasteiger partial charge in [0, 0.05) is 19.8 Å². The van der Waals surface area contributed by atoms with Gasteiger partial charge in [-0.3, -0.25) is 0 Å². The van der Waals surface area contributed by atoms with E-state index in [0.29, 0.717) is 0 Å². The minimum absolute atomic E-state index is 0.255. The Labute approximate surface area is 102 Å². The number of hydrogen-bond acceptors (Lipinski definition) is 0. The van der Waals surface area contributed by atoms with Crippen LogP contribution < -0.4 is 0 Å². The molecule has 0 saturated carbocycles. The summed E-state index contributed by atoms with van der Waals surface area (Å²) < 4.78 is 14.3. The van der Waals surface area contributed by atoms with Crippen LogP contribution in [0.1, 0.15) is 5.56 Å². The average Bonchev–Trinajstić information content (AvgIpc) is 2.02. The third kappa shape index (κ3) is 3.18. The van der Waals surface area contributed by atoms with E-state index in [0.717, 1.165) is 19.8 Å². The Morgan fingerprint density at radius 3 is 2.23 bits per heavy atom. The fourth-order valence-corrected chi connectivity index (χ4v) is 2.46. The van der Waals surface area contributed by atoms with Crippen molar-refractivity contribution < 1.29 is 4.39 Å². The van der Waals surface area contributed by atoms with Crippen LogP contribution in [0.2, 0.25) is 0 Å². The van der Waals surface area contributed by atoms with E-state index in [1.54, 1.807) is 0 Å². The SMILES string of the molecule is Fc1cc(Br)c(C=CCBr)c(Br)c1. The maximum atomic E-state index is 12.8. The molecule has 0 aromatic heterocycles. The Morgan fingerprint density at radius 1 is 1.23 bits per heavy atom. The molecular weight excluding hydrogens is 367 g/mol. The summed E-state index contributed by atoms with van der Waals surface area (Å²) in [4.78, 5) is 0. The van der Waals surface area contributed by atoms with Crippen molar-refractivity contribution in [2.75, 3.05) is 5.33 Å². The van der Waals surface area contributed by atoms with Crippen molar-refractivity contribution in [1.82, 2.24) is 0 Å². The van der Waals surface area contributed by atoms with Crippen molar-refractivity contribution in [3.05, 3.63) is 38.5 Å². The third-order valence-electron chi connectivity index (χ3n) is 1.42. The molecular formula is C9H6Br3F. The summed E-state index contributed by atoms with van der Waals surface area (Å²) >= 11 is 9.86. The molecule has 0 radical (unpaired) electrons. The molecule has 0 aliphatic carbocycles. The molecule has 0 bridgehead atoms. The Morgan fingerprint density at radius 2 is 1.77 bits per heavy atom. The van der Waals surface area contributed by atoms with Gasteiger partial charge in [-0.15, -0.1) is 0 Å². The second kappa shape index (κ2) is 5.27. The molecule has 1 aromatic carbocycles. The third-order valence-corrected chi connectivity index (χ3v) is 3.10. The minimum Gasteiger partial charge on any atom is -0.207 e. The lowest BCUT2D eigenvalue weighted by atomic mass is 10.2. The van der Waals surface area contributed by atoms with Crippen molar-refractivity contribution >= 4 is 53.9 Å². The summed E-state index contributed by atoms with van der Waals surface area (Å²) in [5, 5.41) is 0.781. The lowest BCUT2D eigenvalue weighted by Crippen LogP contribution is -1.82. The normalized spacial score (nSPS) is 11.1. The lowest BCUT2D eigenvalue weighted by molar-refractivity contribution is 0.626. The highest BCUT2D eigenvalue weighted by Crippen LogP contribution is 2.27. The van der Waals surface area contributed by atoms with Gasteiger partial charge >= 0.3 is 0 Å². The van der Waals surface area contributed by atoms with Crippen LogP contribution in [0, 0.1) is 5.82 Å². The molecule has 0 unspecified atom stereocenters. The van der Waals surface area contributed by atoms with Crippen molar-refractivity contribution in [2.45, 2.75) is 0 Å². The van der Waals surface area contributed by atoms with Crippen LogP contribution in [-0.4, -0.2) is 5.33 Å². The highest BCUT2D eigenvalue weighted by atomic mass is 79.9. The molecule has 0 heterocycles. The van der Waals surface area contributed by atoms with Crippen LogP contribution >= 0.6 is 47.8 Å². The molecule has 70 valence electrons. The van der Waals surface area contributed by atoms with Gasteiger partial charge in [-0.2, -0.15) is 0 Å². The first-order valence-electron chi connectivity index (χ1n) is 3.52. The van der Waals surface area contributed by atoms with Crippen LogP contribution in [0.4, 0.5) is 4.39 Å². The zero-order chi connectivity index (χ0) is 9.84. The number of halogens is 4. The number of allylic oxidation sites excluding steroid dienone is 1. The van der Waals surface area contributed by atoms with Gasteiger partial charge in [0.15, 0.2) is 0 Å². The van der Waals surface area contributed by atoms with E-state index in [1.807, 2.05) is 12.2 Å². The topological polar surface area (TPSA) is 0 Å². The van der Waals surface area contributed by atoms with Crippen molar-refractivity contribution in [2.24, 2.45) is 0 Å². The van der Waals surface area contributed by atoms with E-state index < -0.39 is 0 Å². The highest BCUT2D eigenvalue weighted by molar-refractivity contribution is 9.11. The predicted octanol–water partition coefficient (Wildman–Crippen LogP) is 4.76. The molecule has 0 aliphatic heterocycles. The van der Waals surface area contributed by atoms with E-state index in [1.165, 1.54) is 12.1 Å². The van der Waals surface area contributed by atoms with Gasteiger partial charge in [-0.25, -0.2) is 4.39 Å². The Hall–Kier alpha value is 0.330. The standard InChI is InChI=1S/C9H6Br3F/c10-3-1-2-7-8(11)4-6(13)5-9(7)12/h1-2,4-5H,3H2. The second-order valence-corrected chi connectivity index (χ2v) is 4.70. The fraction of sp³-hybridized carbons (Fsp3) is 0.111. The summed E-state index contributed by atoms with van der Waals surface area (Å²) in [6.45, 7) is 0. The lowest BCUT2D eigenvalue weighted by Gasteiger charge is -2.01. The summed E-state index contributed by atoms with van der Waals surface area (Å²) in [6.07, 6.45) is 3.87. The first-order chi connectivity index (χ1) is 6.15. The Kier molecular flexibility index (Phi) is 4.62.